The molecular formula is C23H24N4OS. The van der Waals surface area contributed by atoms with E-state index in [-0.39, 0.29) is 6.04 Å². The Balaban J connectivity index is 1.44. The molecular weight excluding hydrogens is 380 g/mol. The molecule has 0 aliphatic carbocycles. The third-order valence-electron chi connectivity index (χ3n) is 5.00. The number of H-pyrrole nitrogens is 1. The van der Waals surface area contributed by atoms with Crippen molar-refractivity contribution in [3.63, 3.8) is 0 Å². The van der Waals surface area contributed by atoms with E-state index in [1.807, 2.05) is 31.3 Å². The van der Waals surface area contributed by atoms with Crippen molar-refractivity contribution >= 4 is 11.3 Å². The van der Waals surface area contributed by atoms with E-state index < -0.39 is 0 Å². The molecule has 2 aromatic carbocycles. The van der Waals surface area contributed by atoms with Gasteiger partial charge < -0.3 is 10.1 Å². The van der Waals surface area contributed by atoms with Gasteiger partial charge in [0, 0.05) is 34.7 Å². The first-order valence-corrected chi connectivity index (χ1v) is 10.4. The lowest BCUT2D eigenvalue weighted by Gasteiger charge is -2.15. The number of methoxy groups -OCH3 is 1. The van der Waals surface area contributed by atoms with Crippen LogP contribution in [0.25, 0.3) is 22.5 Å². The van der Waals surface area contributed by atoms with Crippen LogP contribution in [0, 0.1) is 6.92 Å². The highest BCUT2D eigenvalue weighted by Gasteiger charge is 2.11. The predicted octanol–water partition coefficient (Wildman–Crippen LogP) is 5.37. The van der Waals surface area contributed by atoms with E-state index in [0.29, 0.717) is 0 Å². The van der Waals surface area contributed by atoms with Crippen LogP contribution in [-0.4, -0.2) is 22.3 Å². The van der Waals surface area contributed by atoms with Crippen molar-refractivity contribution in [1.82, 2.24) is 20.5 Å². The quantitative estimate of drug-likeness (QED) is 0.435. The number of nitrogens with zero attached hydrogens (tertiary/aromatic N) is 2. The first kappa shape index (κ1) is 19.4. The smallest absolute Gasteiger partial charge is 0.119 e. The summed E-state index contributed by atoms with van der Waals surface area (Å²) in [5, 5.41) is 14.1. The minimum absolute atomic E-state index is 0.217. The van der Waals surface area contributed by atoms with Gasteiger partial charge in [-0.3, -0.25) is 5.10 Å². The van der Waals surface area contributed by atoms with Crippen molar-refractivity contribution in [2.75, 3.05) is 7.11 Å². The van der Waals surface area contributed by atoms with Gasteiger partial charge in [-0.2, -0.15) is 5.10 Å². The third kappa shape index (κ3) is 4.39. The van der Waals surface area contributed by atoms with E-state index in [1.165, 1.54) is 5.56 Å². The first-order valence-electron chi connectivity index (χ1n) is 9.56. The number of ether oxygens (including phenoxy) is 1. The Morgan fingerprint density at radius 2 is 1.97 bits per heavy atom. The molecule has 0 fully saturated rings. The molecule has 29 heavy (non-hydrogen) atoms. The van der Waals surface area contributed by atoms with Crippen LogP contribution in [0.2, 0.25) is 0 Å². The number of aromatic nitrogens is 3. The highest BCUT2D eigenvalue weighted by molar-refractivity contribution is 7.09. The van der Waals surface area contributed by atoms with E-state index in [1.54, 1.807) is 18.4 Å². The van der Waals surface area contributed by atoms with Crippen LogP contribution in [0.1, 0.15) is 29.1 Å². The monoisotopic (exact) mass is 404 g/mol. The van der Waals surface area contributed by atoms with E-state index >= 15 is 0 Å². The van der Waals surface area contributed by atoms with Crippen LogP contribution in [0.4, 0.5) is 0 Å². The molecule has 6 heteroatoms. The molecule has 2 N–H and O–H groups in total. The average molecular weight is 405 g/mol. The molecule has 0 radical (unpaired) electrons. The number of aromatic amines is 1. The molecule has 0 amide bonds. The second-order valence-corrected chi connectivity index (χ2v) is 8.04. The fourth-order valence-corrected chi connectivity index (χ4v) is 3.92. The minimum atomic E-state index is 0.217. The number of benzene rings is 2. The summed E-state index contributed by atoms with van der Waals surface area (Å²) in [4.78, 5) is 4.56. The number of nitrogens with one attached hydrogen (secondary N) is 2. The summed E-state index contributed by atoms with van der Waals surface area (Å²) in [7, 11) is 1.68. The lowest BCUT2D eigenvalue weighted by Crippen LogP contribution is -2.18. The summed E-state index contributed by atoms with van der Waals surface area (Å²) < 4.78 is 5.34. The Kier molecular flexibility index (Phi) is 5.74. The van der Waals surface area contributed by atoms with Crippen molar-refractivity contribution in [1.29, 1.82) is 0 Å². The van der Waals surface area contributed by atoms with Gasteiger partial charge in [0.2, 0.25) is 0 Å². The molecule has 2 heterocycles. The number of hydrogen-bond acceptors (Lipinski definition) is 5. The molecule has 0 saturated carbocycles. The van der Waals surface area contributed by atoms with Gasteiger partial charge in [-0.15, -0.1) is 11.3 Å². The fraction of sp³-hybridized carbons (Fsp3) is 0.217. The Morgan fingerprint density at radius 3 is 2.69 bits per heavy atom. The summed E-state index contributed by atoms with van der Waals surface area (Å²) in [6.07, 6.45) is 1.88. The van der Waals surface area contributed by atoms with Crippen LogP contribution in [-0.2, 0) is 6.54 Å². The Hall–Kier alpha value is -2.96. The molecule has 1 unspecified atom stereocenters. The van der Waals surface area contributed by atoms with Gasteiger partial charge in [-0.1, -0.05) is 36.4 Å². The Labute approximate surface area is 174 Å². The first-order chi connectivity index (χ1) is 14.1. The number of thiazole rings is 1. The van der Waals surface area contributed by atoms with Crippen molar-refractivity contribution in [2.24, 2.45) is 0 Å². The van der Waals surface area contributed by atoms with Crippen LogP contribution < -0.4 is 10.1 Å². The minimum Gasteiger partial charge on any atom is -0.497 e. The number of hydrogen-bond donors (Lipinski definition) is 2. The van der Waals surface area contributed by atoms with Crippen molar-refractivity contribution < 1.29 is 4.74 Å². The molecule has 4 rings (SSSR count). The molecule has 0 spiro atoms. The van der Waals surface area contributed by atoms with Gasteiger partial charge in [-0.05, 0) is 31.5 Å². The fourth-order valence-electron chi connectivity index (χ4n) is 3.29. The van der Waals surface area contributed by atoms with Crippen LogP contribution in [0.3, 0.4) is 0 Å². The Morgan fingerprint density at radius 1 is 1.14 bits per heavy atom. The summed E-state index contributed by atoms with van der Waals surface area (Å²) >= 11 is 1.68. The lowest BCUT2D eigenvalue weighted by molar-refractivity contribution is 0.415. The predicted molar refractivity (Wildman–Crippen MR) is 118 cm³/mol. The number of aryl methyl sites for hydroxylation is 1. The highest BCUT2D eigenvalue weighted by Crippen LogP contribution is 2.26. The molecule has 0 bridgehead atoms. The summed E-state index contributed by atoms with van der Waals surface area (Å²) in [5.41, 5.74) is 6.64. The number of rotatable bonds is 7. The Bertz CT molecular complexity index is 1080. The molecule has 148 valence electrons. The standard InChI is InChI=1S/C23H24N4OS/c1-15(17-7-9-18(10-8-17)22-14-29-16(2)26-22)24-12-20-13-25-27-23(20)19-5-4-6-21(11-19)28-3/h4-11,13-15,24H,12H2,1-3H3,(H,25,27). The van der Waals surface area contributed by atoms with E-state index in [4.69, 9.17) is 4.74 Å². The van der Waals surface area contributed by atoms with Gasteiger partial charge in [-0.25, -0.2) is 4.98 Å². The maximum Gasteiger partial charge on any atom is 0.119 e. The third-order valence-corrected chi connectivity index (χ3v) is 5.77. The van der Waals surface area contributed by atoms with E-state index in [2.05, 4.69) is 63.1 Å². The molecule has 2 aromatic heterocycles. The maximum atomic E-state index is 5.34. The summed E-state index contributed by atoms with van der Waals surface area (Å²) in [5.74, 6) is 0.833. The van der Waals surface area contributed by atoms with Crippen LogP contribution in [0.15, 0.2) is 60.1 Å². The molecule has 4 aromatic rings. The van der Waals surface area contributed by atoms with Crippen molar-refractivity contribution in [3.8, 4) is 28.3 Å². The average Bonchev–Trinajstić information content (AvgIpc) is 3.41. The zero-order valence-electron chi connectivity index (χ0n) is 16.8. The van der Waals surface area contributed by atoms with Gasteiger partial charge >= 0.3 is 0 Å². The lowest BCUT2D eigenvalue weighted by atomic mass is 10.0. The zero-order chi connectivity index (χ0) is 20.2. The second kappa shape index (κ2) is 8.59. The van der Waals surface area contributed by atoms with Gasteiger partial charge in [0.25, 0.3) is 0 Å². The molecule has 1 atom stereocenters. The normalized spacial score (nSPS) is 12.1. The van der Waals surface area contributed by atoms with Crippen molar-refractivity contribution in [3.05, 3.63) is 76.2 Å². The molecule has 0 aliphatic rings. The molecule has 0 aliphatic heterocycles. The van der Waals surface area contributed by atoms with E-state index in [0.717, 1.165) is 45.4 Å². The maximum absolute atomic E-state index is 5.34. The van der Waals surface area contributed by atoms with Gasteiger partial charge in [0.1, 0.15) is 5.75 Å². The molecule has 5 nitrogen and oxygen atoms in total. The van der Waals surface area contributed by atoms with Gasteiger partial charge in [0.05, 0.1) is 29.7 Å². The van der Waals surface area contributed by atoms with Crippen molar-refractivity contribution in [2.45, 2.75) is 26.4 Å². The van der Waals surface area contributed by atoms with Crippen LogP contribution >= 0.6 is 11.3 Å². The SMILES string of the molecule is COc1cccc(-c2[nH]ncc2CNC(C)c2ccc(-c3csc(C)n3)cc2)c1. The van der Waals surface area contributed by atoms with E-state index in [9.17, 15) is 0 Å². The topological polar surface area (TPSA) is 62.8 Å². The molecule has 0 saturated heterocycles. The summed E-state index contributed by atoms with van der Waals surface area (Å²) in [6, 6.07) is 16.8. The highest BCUT2D eigenvalue weighted by atomic mass is 32.1. The van der Waals surface area contributed by atoms with Crippen LogP contribution in [0.5, 0.6) is 5.75 Å². The summed E-state index contributed by atoms with van der Waals surface area (Å²) in [6.45, 7) is 4.93. The largest absolute Gasteiger partial charge is 0.497 e. The zero-order valence-corrected chi connectivity index (χ0v) is 17.6. The second-order valence-electron chi connectivity index (χ2n) is 6.98. The van der Waals surface area contributed by atoms with Gasteiger partial charge in [0.15, 0.2) is 0 Å².